The Balaban J connectivity index is 1.18. The smallest absolute Gasteiger partial charge is 0.130 e. The average molecular weight is 642 g/mol. The van der Waals surface area contributed by atoms with Crippen LogP contribution in [0.4, 0.5) is 11.4 Å². The molecule has 2 nitrogen and oxygen atoms in total. The lowest BCUT2D eigenvalue weighted by Crippen LogP contribution is -2.26. The molecule has 1 aliphatic heterocycles. The number of ether oxygens (including phenoxy) is 1. The van der Waals surface area contributed by atoms with Crippen molar-refractivity contribution in [1.29, 1.82) is 0 Å². The van der Waals surface area contributed by atoms with Gasteiger partial charge in [-0.1, -0.05) is 164 Å². The van der Waals surface area contributed by atoms with Gasteiger partial charge in [0, 0.05) is 28.4 Å². The van der Waals surface area contributed by atoms with Crippen LogP contribution in [0.1, 0.15) is 17.0 Å². The number of fused-ring (bicyclic) bond motifs is 3. The molecule has 2 heteroatoms. The van der Waals surface area contributed by atoms with Gasteiger partial charge in [0.05, 0.1) is 5.70 Å². The van der Waals surface area contributed by atoms with Gasteiger partial charge in [0.1, 0.15) is 11.9 Å². The molecule has 0 spiro atoms. The number of benzene rings is 7. The molecule has 2 unspecified atom stereocenters. The summed E-state index contributed by atoms with van der Waals surface area (Å²) < 4.78 is 6.61. The SMILES string of the molecule is C1=C(c2ccccc2)C(N(c2ccc(-c3ccccc3)cc2)c2ccc(-c3ccccc3-c3ccccc3)cc2)=CC2Oc3ccccc3C12. The highest BCUT2D eigenvalue weighted by molar-refractivity contribution is 5.91. The van der Waals surface area contributed by atoms with E-state index in [4.69, 9.17) is 4.74 Å². The van der Waals surface area contributed by atoms with E-state index in [1.54, 1.807) is 0 Å². The van der Waals surface area contributed by atoms with Gasteiger partial charge in [-0.2, -0.15) is 0 Å². The second kappa shape index (κ2) is 12.9. The quantitative estimate of drug-likeness (QED) is 0.172. The molecular weight excluding hydrogens is 607 g/mol. The number of hydrogen-bond acceptors (Lipinski definition) is 2. The number of rotatable bonds is 7. The fourth-order valence-corrected chi connectivity index (χ4v) is 7.40. The summed E-state index contributed by atoms with van der Waals surface area (Å²) in [4.78, 5) is 2.39. The Labute approximate surface area is 293 Å². The van der Waals surface area contributed by atoms with Crippen molar-refractivity contribution >= 4 is 16.9 Å². The lowest BCUT2D eigenvalue weighted by molar-refractivity contribution is 0.268. The first-order chi connectivity index (χ1) is 24.8. The molecule has 0 saturated carbocycles. The van der Waals surface area contributed by atoms with Gasteiger partial charge in [-0.05, 0) is 75.4 Å². The van der Waals surface area contributed by atoms with Gasteiger partial charge in [0.25, 0.3) is 0 Å². The number of anilines is 2. The fraction of sp³-hybridized carbons (Fsp3) is 0.0417. The third kappa shape index (κ3) is 5.51. The van der Waals surface area contributed by atoms with E-state index in [9.17, 15) is 0 Å². The Kier molecular flexibility index (Phi) is 7.68. The monoisotopic (exact) mass is 641 g/mol. The third-order valence-electron chi connectivity index (χ3n) is 9.85. The van der Waals surface area contributed by atoms with Crippen molar-refractivity contribution in [1.82, 2.24) is 0 Å². The molecule has 2 atom stereocenters. The Morgan fingerprint density at radius 2 is 0.840 bits per heavy atom. The highest BCUT2D eigenvalue weighted by Gasteiger charge is 2.37. The lowest BCUT2D eigenvalue weighted by Gasteiger charge is -2.34. The van der Waals surface area contributed by atoms with Crippen LogP contribution < -0.4 is 9.64 Å². The van der Waals surface area contributed by atoms with Crippen molar-refractivity contribution in [2.45, 2.75) is 12.0 Å². The van der Waals surface area contributed by atoms with E-state index in [1.807, 2.05) is 0 Å². The second-order valence-corrected chi connectivity index (χ2v) is 12.9. The zero-order chi connectivity index (χ0) is 33.3. The zero-order valence-corrected chi connectivity index (χ0v) is 27.6. The van der Waals surface area contributed by atoms with E-state index in [0.717, 1.165) is 22.8 Å². The van der Waals surface area contributed by atoms with Crippen LogP contribution in [0.25, 0.3) is 39.0 Å². The molecule has 9 rings (SSSR count). The summed E-state index contributed by atoms with van der Waals surface area (Å²) in [5.41, 5.74) is 14.1. The van der Waals surface area contributed by atoms with Crippen molar-refractivity contribution in [2.24, 2.45) is 0 Å². The van der Waals surface area contributed by atoms with Gasteiger partial charge in [0.15, 0.2) is 0 Å². The van der Waals surface area contributed by atoms with Gasteiger partial charge < -0.3 is 9.64 Å². The molecule has 1 aliphatic carbocycles. The van der Waals surface area contributed by atoms with Gasteiger partial charge in [0.2, 0.25) is 0 Å². The van der Waals surface area contributed by atoms with Crippen LogP contribution in [0, 0.1) is 0 Å². The summed E-state index contributed by atoms with van der Waals surface area (Å²) in [6, 6.07) is 67.0. The van der Waals surface area contributed by atoms with Gasteiger partial charge in [-0.25, -0.2) is 0 Å². The normalized spacial score (nSPS) is 16.0. The minimum absolute atomic E-state index is 0.0991. The van der Waals surface area contributed by atoms with E-state index in [0.29, 0.717) is 0 Å². The number of nitrogens with zero attached hydrogens (tertiary/aromatic N) is 1. The van der Waals surface area contributed by atoms with Crippen LogP contribution in [0.2, 0.25) is 0 Å². The summed E-state index contributed by atoms with van der Waals surface area (Å²) in [5, 5.41) is 0. The third-order valence-corrected chi connectivity index (χ3v) is 9.85. The second-order valence-electron chi connectivity index (χ2n) is 12.9. The molecule has 0 aromatic heterocycles. The Morgan fingerprint density at radius 1 is 0.380 bits per heavy atom. The minimum Gasteiger partial charge on any atom is -0.485 e. The van der Waals surface area contributed by atoms with Crippen LogP contribution in [-0.2, 0) is 0 Å². The molecule has 7 aromatic carbocycles. The summed E-state index contributed by atoms with van der Waals surface area (Å²) in [6.07, 6.45) is 4.64. The number of allylic oxidation sites excluding steroid dienone is 1. The average Bonchev–Trinajstić information content (AvgIpc) is 3.57. The standard InChI is InChI=1S/C48H35NO/c1-4-14-34(15-5-1)35-24-28-39(29-25-35)49(40-30-26-38(27-31-40)42-21-11-10-20-41(42)36-16-6-2-7-17-36)46-33-48-45(43-22-12-13-23-47(43)50-48)32-44(46)37-18-8-3-9-19-37/h1-33,45,48H. The van der Waals surface area contributed by atoms with E-state index < -0.39 is 0 Å². The molecule has 2 aliphatic rings. The van der Waals surface area contributed by atoms with E-state index >= 15 is 0 Å². The molecule has 0 saturated heterocycles. The lowest BCUT2D eigenvalue weighted by atomic mass is 9.84. The Morgan fingerprint density at radius 3 is 1.46 bits per heavy atom. The van der Waals surface area contributed by atoms with Crippen molar-refractivity contribution < 1.29 is 4.74 Å². The van der Waals surface area contributed by atoms with Crippen molar-refractivity contribution in [2.75, 3.05) is 4.90 Å². The first-order valence-electron chi connectivity index (χ1n) is 17.3. The van der Waals surface area contributed by atoms with Crippen molar-refractivity contribution in [3.63, 3.8) is 0 Å². The van der Waals surface area contributed by atoms with Crippen molar-refractivity contribution in [3.8, 4) is 39.1 Å². The van der Waals surface area contributed by atoms with Crippen molar-refractivity contribution in [3.05, 3.63) is 217 Å². The molecule has 1 heterocycles. The predicted molar refractivity (Wildman–Crippen MR) is 207 cm³/mol. The van der Waals surface area contributed by atoms with Crippen LogP contribution >= 0.6 is 0 Å². The fourth-order valence-electron chi connectivity index (χ4n) is 7.40. The van der Waals surface area contributed by atoms with E-state index in [2.05, 4.69) is 205 Å². The van der Waals surface area contributed by atoms with Gasteiger partial charge in [-0.3, -0.25) is 0 Å². The van der Waals surface area contributed by atoms with Gasteiger partial charge in [-0.15, -0.1) is 0 Å². The topological polar surface area (TPSA) is 12.5 Å². The van der Waals surface area contributed by atoms with E-state index in [1.165, 1.54) is 50.1 Å². The molecular formula is C48H35NO. The summed E-state index contributed by atoms with van der Waals surface area (Å²) in [5.74, 6) is 1.10. The Hall–Kier alpha value is -6.38. The highest BCUT2D eigenvalue weighted by Crippen LogP contribution is 2.48. The molecule has 0 fully saturated rings. The summed E-state index contributed by atoms with van der Waals surface area (Å²) in [7, 11) is 0. The number of para-hydroxylation sites is 1. The molecule has 0 bridgehead atoms. The van der Waals surface area contributed by atoms with Crippen LogP contribution in [0.3, 0.4) is 0 Å². The largest absolute Gasteiger partial charge is 0.485 e. The maximum Gasteiger partial charge on any atom is 0.130 e. The molecule has 0 N–H and O–H groups in total. The highest BCUT2D eigenvalue weighted by atomic mass is 16.5. The molecule has 0 amide bonds. The van der Waals surface area contributed by atoms with Gasteiger partial charge >= 0.3 is 0 Å². The summed E-state index contributed by atoms with van der Waals surface area (Å²) >= 11 is 0. The molecule has 7 aromatic rings. The van der Waals surface area contributed by atoms with Crippen LogP contribution in [0.15, 0.2) is 206 Å². The van der Waals surface area contributed by atoms with Crippen LogP contribution in [0.5, 0.6) is 5.75 Å². The maximum atomic E-state index is 6.61. The van der Waals surface area contributed by atoms with Crippen LogP contribution in [-0.4, -0.2) is 6.10 Å². The number of hydrogen-bond donors (Lipinski definition) is 0. The summed E-state index contributed by atoms with van der Waals surface area (Å²) in [6.45, 7) is 0. The molecule has 238 valence electrons. The predicted octanol–water partition coefficient (Wildman–Crippen LogP) is 12.4. The molecule has 50 heavy (non-hydrogen) atoms. The first kappa shape index (κ1) is 29.7. The van der Waals surface area contributed by atoms with E-state index in [-0.39, 0.29) is 12.0 Å². The minimum atomic E-state index is -0.0991. The first-order valence-corrected chi connectivity index (χ1v) is 17.3. The Bertz CT molecular complexity index is 2320. The zero-order valence-electron chi connectivity index (χ0n) is 27.6. The molecule has 0 radical (unpaired) electrons. The maximum absolute atomic E-state index is 6.61.